The van der Waals surface area contributed by atoms with E-state index in [0.29, 0.717) is 29.4 Å². The van der Waals surface area contributed by atoms with E-state index in [9.17, 15) is 4.79 Å². The number of fused-ring (bicyclic) bond motifs is 1. The summed E-state index contributed by atoms with van der Waals surface area (Å²) in [5, 5.41) is 1.82. The highest BCUT2D eigenvalue weighted by molar-refractivity contribution is 6.35. The molecule has 0 aliphatic rings. The highest BCUT2D eigenvalue weighted by Crippen LogP contribution is 2.29. The van der Waals surface area contributed by atoms with Gasteiger partial charge in [0, 0.05) is 48.5 Å². The predicted octanol–water partition coefficient (Wildman–Crippen LogP) is 5.10. The molecule has 5 nitrogen and oxygen atoms in total. The summed E-state index contributed by atoms with van der Waals surface area (Å²) in [6.45, 7) is 3.13. The fraction of sp³-hybridized carbons (Fsp3) is 0.174. The average Bonchev–Trinajstić information content (AvgIpc) is 2.75. The summed E-state index contributed by atoms with van der Waals surface area (Å²) >= 11 is 6.47. The average molecular weight is 406 g/mol. The van der Waals surface area contributed by atoms with E-state index in [1.54, 1.807) is 23.2 Å². The zero-order valence-electron chi connectivity index (χ0n) is 16.0. The van der Waals surface area contributed by atoms with E-state index in [1.807, 2.05) is 55.6 Å². The van der Waals surface area contributed by atoms with Gasteiger partial charge in [0.25, 0.3) is 5.56 Å². The lowest BCUT2D eigenvalue weighted by atomic mass is 10.0. The molecule has 0 N–H and O–H groups in total. The molecule has 0 radical (unpaired) electrons. The molecule has 0 aliphatic heterocycles. The monoisotopic (exact) mass is 405 g/mol. The molecule has 6 heteroatoms. The van der Waals surface area contributed by atoms with E-state index >= 15 is 0 Å². The Morgan fingerprint density at radius 2 is 2.00 bits per heavy atom. The molecule has 0 saturated heterocycles. The zero-order valence-corrected chi connectivity index (χ0v) is 16.8. The van der Waals surface area contributed by atoms with Crippen LogP contribution in [0.2, 0.25) is 5.02 Å². The molecule has 1 aromatic carbocycles. The van der Waals surface area contributed by atoms with Crippen LogP contribution in [0, 0.1) is 0 Å². The number of ether oxygens (including phenoxy) is 1. The first-order valence-corrected chi connectivity index (χ1v) is 9.84. The molecule has 0 bridgehead atoms. The first-order chi connectivity index (χ1) is 14.2. The highest BCUT2D eigenvalue weighted by Gasteiger charge is 2.10. The molecule has 4 rings (SSSR count). The van der Waals surface area contributed by atoms with Crippen molar-refractivity contribution in [3.8, 4) is 17.0 Å². The molecular weight excluding hydrogens is 386 g/mol. The smallest absolute Gasteiger partial charge is 0.259 e. The maximum Gasteiger partial charge on any atom is 0.259 e. The van der Waals surface area contributed by atoms with Gasteiger partial charge in [-0.3, -0.25) is 9.78 Å². The minimum Gasteiger partial charge on any atom is -0.473 e. The Morgan fingerprint density at radius 3 is 2.72 bits per heavy atom. The molecule has 3 aromatic heterocycles. The van der Waals surface area contributed by atoms with Crippen LogP contribution in [0.5, 0.6) is 5.88 Å². The molecule has 4 aromatic rings. The van der Waals surface area contributed by atoms with Gasteiger partial charge in [0.15, 0.2) is 0 Å². The van der Waals surface area contributed by atoms with Crippen molar-refractivity contribution in [2.75, 3.05) is 0 Å². The minimum absolute atomic E-state index is 0.0572. The summed E-state index contributed by atoms with van der Waals surface area (Å²) in [5.74, 6) is 0.534. The summed E-state index contributed by atoms with van der Waals surface area (Å²) < 4.78 is 7.41. The van der Waals surface area contributed by atoms with E-state index in [1.165, 1.54) is 0 Å². The Labute approximate surface area is 173 Å². The number of hydrogen-bond donors (Lipinski definition) is 0. The van der Waals surface area contributed by atoms with Crippen LogP contribution in [0.1, 0.15) is 18.9 Å². The summed E-state index contributed by atoms with van der Waals surface area (Å²) in [6.07, 6.45) is 7.95. The summed E-state index contributed by atoms with van der Waals surface area (Å²) in [6, 6.07) is 13.3. The number of benzene rings is 1. The van der Waals surface area contributed by atoms with Crippen molar-refractivity contribution in [3.63, 3.8) is 0 Å². The van der Waals surface area contributed by atoms with E-state index in [4.69, 9.17) is 16.3 Å². The third kappa shape index (κ3) is 4.15. The molecule has 146 valence electrons. The van der Waals surface area contributed by atoms with E-state index in [2.05, 4.69) is 9.97 Å². The number of hydrogen-bond acceptors (Lipinski definition) is 4. The lowest BCUT2D eigenvalue weighted by Gasteiger charge is -2.10. The molecule has 0 aliphatic carbocycles. The first-order valence-electron chi connectivity index (χ1n) is 9.46. The van der Waals surface area contributed by atoms with Gasteiger partial charge in [-0.25, -0.2) is 4.98 Å². The third-order valence-corrected chi connectivity index (χ3v) is 4.97. The number of halogens is 1. The normalized spacial score (nSPS) is 11.0. The van der Waals surface area contributed by atoms with Crippen molar-refractivity contribution in [3.05, 3.63) is 88.2 Å². The van der Waals surface area contributed by atoms with Crippen LogP contribution < -0.4 is 10.3 Å². The molecular formula is C23H20ClN3O2. The highest BCUT2D eigenvalue weighted by atomic mass is 35.5. The van der Waals surface area contributed by atoms with Gasteiger partial charge in [0.05, 0.1) is 10.4 Å². The number of pyridine rings is 3. The molecule has 0 atom stereocenters. The molecule has 29 heavy (non-hydrogen) atoms. The summed E-state index contributed by atoms with van der Waals surface area (Å²) in [7, 11) is 0. The van der Waals surface area contributed by atoms with Crippen LogP contribution >= 0.6 is 11.6 Å². The zero-order chi connectivity index (χ0) is 20.2. The van der Waals surface area contributed by atoms with Gasteiger partial charge in [0.2, 0.25) is 5.88 Å². The standard InChI is InChI=1S/C23H20ClN3O2/c1-2-9-27-10-7-17-11-19(12-20(24)22(17)23(27)28)18-5-6-21(26-14-18)29-15-16-4-3-8-25-13-16/h3-8,10-14H,2,9,15H2,1H3. The van der Waals surface area contributed by atoms with Crippen LogP contribution in [0.25, 0.3) is 21.9 Å². The van der Waals surface area contributed by atoms with Crippen LogP contribution in [-0.2, 0) is 13.2 Å². The van der Waals surface area contributed by atoms with Crippen LogP contribution in [-0.4, -0.2) is 14.5 Å². The number of aromatic nitrogens is 3. The van der Waals surface area contributed by atoms with Crippen LogP contribution in [0.15, 0.2) is 72.0 Å². The molecule has 0 amide bonds. The minimum atomic E-state index is -0.0572. The van der Waals surface area contributed by atoms with Gasteiger partial charge >= 0.3 is 0 Å². The second kappa shape index (κ2) is 8.45. The van der Waals surface area contributed by atoms with E-state index in [-0.39, 0.29) is 5.56 Å². The summed E-state index contributed by atoms with van der Waals surface area (Å²) in [4.78, 5) is 21.1. The molecule has 3 heterocycles. The lowest BCUT2D eigenvalue weighted by Crippen LogP contribution is -2.19. The van der Waals surface area contributed by atoms with Crippen LogP contribution in [0.3, 0.4) is 0 Å². The predicted molar refractivity (Wildman–Crippen MR) is 115 cm³/mol. The quantitative estimate of drug-likeness (QED) is 0.447. The Bertz CT molecular complexity index is 1190. The molecule has 0 spiro atoms. The molecule has 0 saturated carbocycles. The number of rotatable bonds is 6. The summed E-state index contributed by atoms with van der Waals surface area (Å²) in [5.41, 5.74) is 2.73. The Kier molecular flexibility index (Phi) is 5.58. The van der Waals surface area contributed by atoms with Crippen molar-refractivity contribution >= 4 is 22.4 Å². The van der Waals surface area contributed by atoms with E-state index < -0.39 is 0 Å². The van der Waals surface area contributed by atoms with Crippen molar-refractivity contribution in [2.24, 2.45) is 0 Å². The third-order valence-electron chi connectivity index (χ3n) is 4.67. The van der Waals surface area contributed by atoms with Gasteiger partial charge < -0.3 is 9.30 Å². The largest absolute Gasteiger partial charge is 0.473 e. The lowest BCUT2D eigenvalue weighted by molar-refractivity contribution is 0.293. The first kappa shape index (κ1) is 19.2. The maximum atomic E-state index is 12.7. The van der Waals surface area contributed by atoms with Gasteiger partial charge in [-0.2, -0.15) is 0 Å². The number of nitrogens with zero attached hydrogens (tertiary/aromatic N) is 3. The SMILES string of the molecule is CCCn1ccc2cc(-c3ccc(OCc4cccnc4)nc3)cc(Cl)c2c1=O. The van der Waals surface area contributed by atoms with Crippen molar-refractivity contribution in [1.29, 1.82) is 0 Å². The molecule has 0 unspecified atom stereocenters. The van der Waals surface area contributed by atoms with Gasteiger partial charge in [-0.1, -0.05) is 24.6 Å². The van der Waals surface area contributed by atoms with Gasteiger partial charge in [0.1, 0.15) is 6.61 Å². The topological polar surface area (TPSA) is 57.0 Å². The second-order valence-electron chi connectivity index (χ2n) is 6.77. The van der Waals surface area contributed by atoms with Crippen LogP contribution in [0.4, 0.5) is 0 Å². The van der Waals surface area contributed by atoms with Gasteiger partial charge in [-0.15, -0.1) is 0 Å². The Balaban J connectivity index is 1.59. The molecule has 0 fully saturated rings. The van der Waals surface area contributed by atoms with Crippen molar-refractivity contribution in [2.45, 2.75) is 26.5 Å². The second-order valence-corrected chi connectivity index (χ2v) is 7.18. The fourth-order valence-corrected chi connectivity index (χ4v) is 3.53. The Morgan fingerprint density at radius 1 is 1.10 bits per heavy atom. The Hall–Kier alpha value is -3.18. The van der Waals surface area contributed by atoms with Crippen molar-refractivity contribution < 1.29 is 4.74 Å². The maximum absolute atomic E-state index is 12.7. The fourth-order valence-electron chi connectivity index (χ4n) is 3.23. The van der Waals surface area contributed by atoms with Gasteiger partial charge in [-0.05, 0) is 47.7 Å². The van der Waals surface area contributed by atoms with E-state index in [0.717, 1.165) is 28.5 Å². The van der Waals surface area contributed by atoms with Crippen molar-refractivity contribution in [1.82, 2.24) is 14.5 Å². The number of aryl methyl sites for hydroxylation is 1.